The molecule has 1 rings (SSSR count). The van der Waals surface area contributed by atoms with Crippen LogP contribution in [0.15, 0.2) is 18.3 Å². The fourth-order valence-electron chi connectivity index (χ4n) is 0.992. The number of nitriles is 1. The minimum Gasteiger partial charge on any atom is -0.489 e. The van der Waals surface area contributed by atoms with Gasteiger partial charge in [0.2, 0.25) is 0 Å². The molecule has 1 aromatic heterocycles. The first-order valence-corrected chi connectivity index (χ1v) is 4.21. The average molecular weight is 176 g/mol. The molecule has 0 aliphatic rings. The molecule has 0 spiro atoms. The Morgan fingerprint density at radius 2 is 2.38 bits per heavy atom. The molecule has 3 heteroatoms. The second kappa shape index (κ2) is 4.46. The van der Waals surface area contributed by atoms with Gasteiger partial charge in [0.15, 0.2) is 0 Å². The smallest absolute Gasteiger partial charge is 0.142 e. The topological polar surface area (TPSA) is 45.9 Å². The third-order valence-corrected chi connectivity index (χ3v) is 1.46. The van der Waals surface area contributed by atoms with Crippen molar-refractivity contribution in [2.75, 3.05) is 0 Å². The van der Waals surface area contributed by atoms with Crippen molar-refractivity contribution in [2.24, 2.45) is 0 Å². The Kier molecular flexibility index (Phi) is 3.27. The van der Waals surface area contributed by atoms with Crippen LogP contribution < -0.4 is 4.74 Å². The van der Waals surface area contributed by atoms with E-state index in [1.807, 2.05) is 19.9 Å². The molecule has 1 heterocycles. The zero-order chi connectivity index (χ0) is 9.68. The molecule has 0 aromatic carbocycles. The highest BCUT2D eigenvalue weighted by molar-refractivity contribution is 5.28. The van der Waals surface area contributed by atoms with Crippen molar-refractivity contribution < 1.29 is 4.74 Å². The minimum atomic E-state index is 0.113. The first-order valence-electron chi connectivity index (χ1n) is 4.21. The summed E-state index contributed by atoms with van der Waals surface area (Å²) in [6.07, 6.45) is 2.07. The lowest BCUT2D eigenvalue weighted by molar-refractivity contribution is 0.239. The molecule has 0 saturated carbocycles. The highest BCUT2D eigenvalue weighted by Gasteiger charge is 2.04. The highest BCUT2D eigenvalue weighted by atomic mass is 16.5. The summed E-state index contributed by atoms with van der Waals surface area (Å²) < 4.78 is 5.48. The molecule has 0 N–H and O–H groups in total. The Morgan fingerprint density at radius 1 is 1.62 bits per heavy atom. The lowest BCUT2D eigenvalue weighted by atomic mass is 10.2. The van der Waals surface area contributed by atoms with Crippen molar-refractivity contribution in [3.05, 3.63) is 24.0 Å². The second-order valence-corrected chi connectivity index (χ2v) is 2.95. The lowest BCUT2D eigenvalue weighted by Crippen LogP contribution is -2.08. The van der Waals surface area contributed by atoms with Crippen LogP contribution in [0.1, 0.15) is 19.5 Å². The zero-order valence-corrected chi connectivity index (χ0v) is 7.82. The molecule has 3 nitrogen and oxygen atoms in total. The number of pyridine rings is 1. The van der Waals surface area contributed by atoms with E-state index in [0.717, 1.165) is 0 Å². The molecule has 0 aliphatic carbocycles. The van der Waals surface area contributed by atoms with Crippen molar-refractivity contribution in [3.8, 4) is 11.8 Å². The van der Waals surface area contributed by atoms with E-state index in [1.54, 1.807) is 12.3 Å². The molecule has 0 bridgehead atoms. The first kappa shape index (κ1) is 9.53. The van der Waals surface area contributed by atoms with Crippen LogP contribution in [0.3, 0.4) is 0 Å². The monoisotopic (exact) mass is 176 g/mol. The molecule has 0 radical (unpaired) electrons. The van der Waals surface area contributed by atoms with Gasteiger partial charge in [0.25, 0.3) is 0 Å². The second-order valence-electron chi connectivity index (χ2n) is 2.95. The van der Waals surface area contributed by atoms with Gasteiger partial charge < -0.3 is 4.74 Å². The van der Waals surface area contributed by atoms with Crippen molar-refractivity contribution in [3.63, 3.8) is 0 Å². The van der Waals surface area contributed by atoms with Gasteiger partial charge in [-0.1, -0.05) is 0 Å². The van der Waals surface area contributed by atoms with Crippen LogP contribution in [0, 0.1) is 11.3 Å². The van der Waals surface area contributed by atoms with E-state index in [-0.39, 0.29) is 6.10 Å². The summed E-state index contributed by atoms with van der Waals surface area (Å²) in [6, 6.07) is 5.69. The Bertz CT molecular complexity index is 315. The maximum atomic E-state index is 8.53. The zero-order valence-electron chi connectivity index (χ0n) is 7.82. The van der Waals surface area contributed by atoms with E-state index in [0.29, 0.717) is 17.9 Å². The molecule has 1 aromatic rings. The molecular formula is C10H12N2O. The van der Waals surface area contributed by atoms with Crippen molar-refractivity contribution in [1.29, 1.82) is 5.26 Å². The molecular weight excluding hydrogens is 164 g/mol. The maximum absolute atomic E-state index is 8.53. The van der Waals surface area contributed by atoms with Gasteiger partial charge in [-0.05, 0) is 26.0 Å². The number of hydrogen-bond acceptors (Lipinski definition) is 3. The van der Waals surface area contributed by atoms with Gasteiger partial charge in [-0.2, -0.15) is 5.26 Å². The quantitative estimate of drug-likeness (QED) is 0.707. The summed E-state index contributed by atoms with van der Waals surface area (Å²) in [4.78, 5) is 4.07. The number of hydrogen-bond donors (Lipinski definition) is 0. The molecule has 0 fully saturated rings. The number of aromatic nitrogens is 1. The Morgan fingerprint density at radius 3 is 3.00 bits per heavy atom. The largest absolute Gasteiger partial charge is 0.489 e. The van der Waals surface area contributed by atoms with E-state index in [9.17, 15) is 0 Å². The molecule has 0 saturated heterocycles. The summed E-state index contributed by atoms with van der Waals surface area (Å²) in [6.45, 7) is 3.90. The molecule has 68 valence electrons. The van der Waals surface area contributed by atoms with Gasteiger partial charge in [-0.3, -0.25) is 4.98 Å². The van der Waals surface area contributed by atoms with E-state index in [2.05, 4.69) is 11.1 Å². The van der Waals surface area contributed by atoms with Gasteiger partial charge in [-0.15, -0.1) is 0 Å². The van der Waals surface area contributed by atoms with E-state index < -0.39 is 0 Å². The van der Waals surface area contributed by atoms with Gasteiger partial charge in [0, 0.05) is 6.20 Å². The standard InChI is InChI=1S/C10H12N2O/c1-8(2)13-10-4-3-7-12-9(10)5-6-11/h3-4,7-8H,5H2,1-2H3. The van der Waals surface area contributed by atoms with Crippen LogP contribution >= 0.6 is 0 Å². The molecule has 0 atom stereocenters. The average Bonchev–Trinajstić information content (AvgIpc) is 2.08. The Balaban J connectivity index is 2.85. The Hall–Kier alpha value is -1.56. The van der Waals surface area contributed by atoms with Crippen LogP contribution in [0.5, 0.6) is 5.75 Å². The summed E-state index contributed by atoms with van der Waals surface area (Å²) in [5.41, 5.74) is 0.707. The summed E-state index contributed by atoms with van der Waals surface area (Å²) in [5.74, 6) is 0.707. The predicted octanol–water partition coefficient (Wildman–Crippen LogP) is 1.93. The lowest BCUT2D eigenvalue weighted by Gasteiger charge is -2.11. The SMILES string of the molecule is CC(C)Oc1cccnc1CC#N. The molecule has 13 heavy (non-hydrogen) atoms. The minimum absolute atomic E-state index is 0.113. The first-order chi connectivity index (χ1) is 6.24. The third kappa shape index (κ3) is 2.75. The van der Waals surface area contributed by atoms with Crippen LogP contribution in [-0.4, -0.2) is 11.1 Å². The van der Waals surface area contributed by atoms with Crippen LogP contribution in [0.2, 0.25) is 0 Å². The van der Waals surface area contributed by atoms with E-state index >= 15 is 0 Å². The van der Waals surface area contributed by atoms with Crippen LogP contribution in [-0.2, 0) is 6.42 Å². The summed E-state index contributed by atoms with van der Waals surface area (Å²) >= 11 is 0. The summed E-state index contributed by atoms with van der Waals surface area (Å²) in [5, 5.41) is 8.53. The molecule has 0 aliphatic heterocycles. The van der Waals surface area contributed by atoms with Gasteiger partial charge >= 0.3 is 0 Å². The van der Waals surface area contributed by atoms with Crippen molar-refractivity contribution in [1.82, 2.24) is 4.98 Å². The van der Waals surface area contributed by atoms with Crippen LogP contribution in [0.25, 0.3) is 0 Å². The van der Waals surface area contributed by atoms with Gasteiger partial charge in [-0.25, -0.2) is 0 Å². The van der Waals surface area contributed by atoms with Crippen molar-refractivity contribution >= 4 is 0 Å². The Labute approximate surface area is 78.0 Å². The third-order valence-electron chi connectivity index (χ3n) is 1.46. The van der Waals surface area contributed by atoms with Gasteiger partial charge in [0.05, 0.1) is 24.3 Å². The fourth-order valence-corrected chi connectivity index (χ4v) is 0.992. The van der Waals surface area contributed by atoms with Crippen molar-refractivity contribution in [2.45, 2.75) is 26.4 Å². The highest BCUT2D eigenvalue weighted by Crippen LogP contribution is 2.16. The molecule has 0 unspecified atom stereocenters. The maximum Gasteiger partial charge on any atom is 0.142 e. The predicted molar refractivity (Wildman–Crippen MR) is 49.3 cm³/mol. The number of rotatable bonds is 3. The fraction of sp³-hybridized carbons (Fsp3) is 0.400. The normalized spacial score (nSPS) is 9.69. The summed E-state index contributed by atoms with van der Waals surface area (Å²) in [7, 11) is 0. The molecule has 0 amide bonds. The van der Waals surface area contributed by atoms with Gasteiger partial charge in [0.1, 0.15) is 5.75 Å². The van der Waals surface area contributed by atoms with E-state index in [4.69, 9.17) is 10.00 Å². The number of ether oxygens (including phenoxy) is 1. The van der Waals surface area contributed by atoms with Crippen LogP contribution in [0.4, 0.5) is 0 Å². The number of nitrogens with zero attached hydrogens (tertiary/aromatic N) is 2. The van der Waals surface area contributed by atoms with E-state index in [1.165, 1.54) is 0 Å².